The quantitative estimate of drug-likeness (QED) is 0.628. The smallest absolute Gasteiger partial charge is 0.377 e. The summed E-state index contributed by atoms with van der Waals surface area (Å²) in [5.41, 5.74) is 0.635. The van der Waals surface area contributed by atoms with Crippen molar-refractivity contribution in [3.05, 3.63) is 60.2 Å². The molecule has 142 valence electrons. The van der Waals surface area contributed by atoms with Gasteiger partial charge in [-0.05, 0) is 43.2 Å². The van der Waals surface area contributed by atoms with Gasteiger partial charge in [-0.25, -0.2) is 4.98 Å². The van der Waals surface area contributed by atoms with Gasteiger partial charge in [0.05, 0.1) is 11.3 Å². The minimum atomic E-state index is -4.36. The molecule has 0 bridgehead atoms. The van der Waals surface area contributed by atoms with E-state index in [1.807, 2.05) is 0 Å². The first kappa shape index (κ1) is 18.9. The van der Waals surface area contributed by atoms with E-state index in [9.17, 15) is 18.0 Å². The van der Waals surface area contributed by atoms with Gasteiger partial charge in [-0.1, -0.05) is 0 Å². The number of piperidine rings is 1. The van der Waals surface area contributed by atoms with Crippen LogP contribution in [0.2, 0.25) is 0 Å². The highest BCUT2D eigenvalue weighted by atomic mass is 19.4. The fourth-order valence-corrected chi connectivity index (χ4v) is 3.10. The number of nitrogens with one attached hydrogen (secondary N) is 1. The first-order valence-electron chi connectivity index (χ1n) is 8.58. The highest BCUT2D eigenvalue weighted by molar-refractivity contribution is 5.64. The van der Waals surface area contributed by atoms with E-state index in [1.165, 1.54) is 18.2 Å². The van der Waals surface area contributed by atoms with Gasteiger partial charge in [0.2, 0.25) is 0 Å². The molecule has 0 radical (unpaired) electrons. The Kier molecular flexibility index (Phi) is 5.73. The number of anilines is 2. The molecule has 1 N–H and O–H groups in total. The van der Waals surface area contributed by atoms with Gasteiger partial charge in [-0.15, -0.1) is 0 Å². The van der Waals surface area contributed by atoms with Crippen LogP contribution in [0.4, 0.5) is 24.7 Å². The van der Waals surface area contributed by atoms with Gasteiger partial charge in [0.25, 0.3) is 0 Å². The Morgan fingerprint density at radius 2 is 1.74 bits per heavy atom. The first-order valence-corrected chi connectivity index (χ1v) is 8.58. The highest BCUT2D eigenvalue weighted by Gasteiger charge is 2.30. The van der Waals surface area contributed by atoms with E-state index in [-0.39, 0.29) is 5.92 Å². The summed E-state index contributed by atoms with van der Waals surface area (Å²) in [7, 11) is 0. The number of nitrogens with zero attached hydrogens (tertiary/aromatic N) is 3. The zero-order chi connectivity index (χ0) is 19.3. The van der Waals surface area contributed by atoms with Crippen molar-refractivity contribution in [3.63, 3.8) is 0 Å². The zero-order valence-corrected chi connectivity index (χ0v) is 14.5. The molecular formula is C19H19F3N4O. The number of halogens is 3. The summed E-state index contributed by atoms with van der Waals surface area (Å²) >= 11 is 0. The molecule has 1 saturated heterocycles. The monoisotopic (exact) mass is 376 g/mol. The third kappa shape index (κ3) is 4.84. The molecule has 1 aromatic carbocycles. The first-order chi connectivity index (χ1) is 13.0. The number of aromatic nitrogens is 2. The third-order valence-electron chi connectivity index (χ3n) is 4.49. The topological polar surface area (TPSA) is 58.1 Å². The molecule has 1 aliphatic heterocycles. The van der Waals surface area contributed by atoms with Crippen molar-refractivity contribution in [2.45, 2.75) is 24.9 Å². The van der Waals surface area contributed by atoms with Crippen LogP contribution >= 0.6 is 0 Å². The predicted molar refractivity (Wildman–Crippen MR) is 95.5 cm³/mol. The van der Waals surface area contributed by atoms with E-state index < -0.39 is 11.7 Å². The molecule has 2 aromatic rings. The maximum absolute atomic E-state index is 12.7. The number of likely N-dealkylation sites (tertiary alicyclic amines) is 1. The summed E-state index contributed by atoms with van der Waals surface area (Å²) < 4.78 is 38.1. The van der Waals surface area contributed by atoms with E-state index in [4.69, 9.17) is 0 Å². The van der Waals surface area contributed by atoms with Crippen molar-refractivity contribution in [1.29, 1.82) is 0 Å². The summed E-state index contributed by atoms with van der Waals surface area (Å²) in [6.45, 7) is 1.59. The van der Waals surface area contributed by atoms with Crippen LogP contribution in [0.1, 0.15) is 30.0 Å². The normalized spacial score (nSPS) is 15.9. The lowest BCUT2D eigenvalue weighted by Gasteiger charge is -2.31. The molecule has 0 spiro atoms. The summed E-state index contributed by atoms with van der Waals surface area (Å²) in [5.74, 6) is 0.746. The standard InChI is InChI=1S/C19H19F3N4O/c20-19(21,22)15-2-4-16(5-3-15)25-18-17(23-8-9-24-18)14-6-11-26(12-7-14)10-1-13-27/h1-5,8-10,13-14H,6-7,11-12H2,(H,24,25). The number of hydrogen-bond acceptors (Lipinski definition) is 5. The molecule has 3 rings (SSSR count). The lowest BCUT2D eigenvalue weighted by molar-refractivity contribution is -0.137. The van der Waals surface area contributed by atoms with E-state index >= 15 is 0 Å². The zero-order valence-electron chi connectivity index (χ0n) is 14.5. The molecule has 0 amide bonds. The number of carbonyl (C=O) groups excluding carboxylic acids is 1. The van der Waals surface area contributed by atoms with Crippen molar-refractivity contribution in [3.8, 4) is 0 Å². The minimum absolute atomic E-state index is 0.191. The van der Waals surface area contributed by atoms with E-state index in [0.717, 1.165) is 50.0 Å². The summed E-state index contributed by atoms with van der Waals surface area (Å²) in [6.07, 6.45) is 4.52. The predicted octanol–water partition coefficient (Wildman–Crippen LogP) is 4.13. The van der Waals surface area contributed by atoms with Crippen molar-refractivity contribution >= 4 is 17.8 Å². The van der Waals surface area contributed by atoms with Gasteiger partial charge in [0.15, 0.2) is 5.82 Å². The van der Waals surface area contributed by atoms with Crippen LogP contribution < -0.4 is 5.32 Å². The Hall–Kier alpha value is -2.90. The number of allylic oxidation sites excluding steroid dienone is 1. The Labute approximate surface area is 154 Å². The van der Waals surface area contributed by atoms with Crippen LogP contribution in [0.5, 0.6) is 0 Å². The van der Waals surface area contributed by atoms with Crippen molar-refractivity contribution in [1.82, 2.24) is 14.9 Å². The van der Waals surface area contributed by atoms with Gasteiger partial charge in [-0.2, -0.15) is 13.2 Å². The number of alkyl halides is 3. The lowest BCUT2D eigenvalue weighted by atomic mass is 9.93. The average Bonchev–Trinajstić information content (AvgIpc) is 2.67. The van der Waals surface area contributed by atoms with Gasteiger partial charge in [0, 0.05) is 43.3 Å². The number of carbonyl (C=O) groups is 1. The number of benzene rings is 1. The van der Waals surface area contributed by atoms with E-state index in [2.05, 4.69) is 20.2 Å². The van der Waals surface area contributed by atoms with Crippen molar-refractivity contribution in [2.24, 2.45) is 0 Å². The molecule has 5 nitrogen and oxygen atoms in total. The Morgan fingerprint density at radius 1 is 1.07 bits per heavy atom. The number of rotatable bonds is 5. The molecule has 1 aromatic heterocycles. The minimum Gasteiger partial charge on any atom is -0.377 e. The van der Waals surface area contributed by atoms with Crippen LogP contribution in [0.3, 0.4) is 0 Å². The fourth-order valence-electron chi connectivity index (χ4n) is 3.10. The molecule has 0 unspecified atom stereocenters. The van der Waals surface area contributed by atoms with Crippen LogP contribution in [0.25, 0.3) is 0 Å². The molecule has 2 heterocycles. The van der Waals surface area contributed by atoms with E-state index in [0.29, 0.717) is 11.5 Å². The summed E-state index contributed by atoms with van der Waals surface area (Å²) in [4.78, 5) is 21.3. The van der Waals surface area contributed by atoms with Crippen LogP contribution in [-0.2, 0) is 11.0 Å². The van der Waals surface area contributed by atoms with E-state index in [1.54, 1.807) is 18.6 Å². The Bertz CT molecular complexity index is 797. The van der Waals surface area contributed by atoms with Gasteiger partial charge < -0.3 is 10.2 Å². The van der Waals surface area contributed by atoms with Gasteiger partial charge in [-0.3, -0.25) is 9.78 Å². The maximum Gasteiger partial charge on any atom is 0.416 e. The molecular weight excluding hydrogens is 357 g/mol. The summed E-state index contributed by atoms with van der Waals surface area (Å²) in [5, 5.41) is 3.08. The number of hydrogen-bond donors (Lipinski definition) is 1. The second kappa shape index (κ2) is 8.20. The molecule has 1 fully saturated rings. The Morgan fingerprint density at radius 3 is 2.37 bits per heavy atom. The third-order valence-corrected chi connectivity index (χ3v) is 4.49. The second-order valence-corrected chi connectivity index (χ2v) is 6.28. The molecule has 1 aliphatic rings. The maximum atomic E-state index is 12.7. The number of aldehydes is 1. The summed E-state index contributed by atoms with van der Waals surface area (Å²) in [6, 6.07) is 4.84. The lowest BCUT2D eigenvalue weighted by Crippen LogP contribution is -2.29. The van der Waals surface area contributed by atoms with Crippen molar-refractivity contribution in [2.75, 3.05) is 18.4 Å². The van der Waals surface area contributed by atoms with Crippen LogP contribution in [-0.4, -0.2) is 34.2 Å². The fraction of sp³-hybridized carbons (Fsp3) is 0.316. The SMILES string of the molecule is O=CC=CN1CCC(c2nccnc2Nc2ccc(C(F)(F)F)cc2)CC1. The van der Waals surface area contributed by atoms with Gasteiger partial charge >= 0.3 is 6.18 Å². The molecule has 0 aliphatic carbocycles. The average molecular weight is 376 g/mol. The van der Waals surface area contributed by atoms with Crippen LogP contribution in [0.15, 0.2) is 48.9 Å². The van der Waals surface area contributed by atoms with Gasteiger partial charge in [0.1, 0.15) is 6.29 Å². The second-order valence-electron chi connectivity index (χ2n) is 6.28. The van der Waals surface area contributed by atoms with Crippen LogP contribution in [0, 0.1) is 0 Å². The molecule has 0 saturated carbocycles. The molecule has 8 heteroatoms. The molecule has 27 heavy (non-hydrogen) atoms. The largest absolute Gasteiger partial charge is 0.416 e. The highest BCUT2D eigenvalue weighted by Crippen LogP contribution is 2.33. The van der Waals surface area contributed by atoms with Crippen molar-refractivity contribution < 1.29 is 18.0 Å². The molecule has 0 atom stereocenters. The Balaban J connectivity index is 1.71.